The van der Waals surface area contributed by atoms with Gasteiger partial charge in [-0.05, 0) is 50.1 Å². The highest BCUT2D eigenvalue weighted by molar-refractivity contribution is 5.90. The largest absolute Gasteiger partial charge is 0.354 e. The van der Waals surface area contributed by atoms with E-state index < -0.39 is 0 Å². The second-order valence-electron chi connectivity index (χ2n) is 8.91. The van der Waals surface area contributed by atoms with Crippen molar-refractivity contribution in [3.8, 4) is 0 Å². The molecule has 3 atom stereocenters. The van der Waals surface area contributed by atoms with Crippen molar-refractivity contribution in [2.24, 2.45) is 11.8 Å². The van der Waals surface area contributed by atoms with Crippen LogP contribution in [0.4, 0.5) is 0 Å². The number of aryl methyl sites for hydroxylation is 1. The number of carbonyl (C=O) groups is 2. The van der Waals surface area contributed by atoms with E-state index in [4.69, 9.17) is 0 Å². The summed E-state index contributed by atoms with van der Waals surface area (Å²) in [7, 11) is 0. The molecule has 2 aliphatic rings. The molecular formula is C23H35N3O2. The van der Waals surface area contributed by atoms with Crippen LogP contribution in [0.1, 0.15) is 50.7 Å². The number of rotatable bonds is 7. The Labute approximate surface area is 169 Å². The lowest BCUT2D eigenvalue weighted by atomic mass is 9.92. The molecule has 0 aliphatic carbocycles. The lowest BCUT2D eigenvalue weighted by molar-refractivity contribution is -0.135. The molecule has 0 spiro atoms. The van der Waals surface area contributed by atoms with Crippen LogP contribution in [0.15, 0.2) is 24.3 Å². The van der Waals surface area contributed by atoms with Crippen molar-refractivity contribution in [3.63, 3.8) is 0 Å². The minimum Gasteiger partial charge on any atom is -0.354 e. The van der Waals surface area contributed by atoms with Gasteiger partial charge < -0.3 is 15.1 Å². The number of nitrogens with zero attached hydrogens (tertiary/aromatic N) is 2. The van der Waals surface area contributed by atoms with E-state index in [1.54, 1.807) is 4.90 Å². The average Bonchev–Trinajstić information content (AvgIpc) is 3.00. The molecule has 0 aromatic heterocycles. The summed E-state index contributed by atoms with van der Waals surface area (Å²) in [5.41, 5.74) is 2.27. The molecular weight excluding hydrogens is 350 g/mol. The summed E-state index contributed by atoms with van der Waals surface area (Å²) in [5.74, 6) is 1.60. The Morgan fingerprint density at radius 2 is 1.82 bits per heavy atom. The van der Waals surface area contributed by atoms with Gasteiger partial charge in [-0.15, -0.1) is 0 Å². The van der Waals surface area contributed by atoms with Crippen molar-refractivity contribution in [1.82, 2.24) is 15.1 Å². The lowest BCUT2D eigenvalue weighted by Gasteiger charge is -2.35. The third-order valence-electron chi connectivity index (χ3n) is 6.00. The molecule has 0 saturated carbocycles. The first-order chi connectivity index (χ1) is 13.4. The fourth-order valence-electron chi connectivity index (χ4n) is 4.70. The Kier molecular flexibility index (Phi) is 7.11. The van der Waals surface area contributed by atoms with Crippen molar-refractivity contribution in [2.75, 3.05) is 26.2 Å². The summed E-state index contributed by atoms with van der Waals surface area (Å²) in [4.78, 5) is 29.2. The maximum Gasteiger partial charge on any atom is 0.242 e. The first-order valence-corrected chi connectivity index (χ1v) is 10.8. The van der Waals surface area contributed by atoms with Crippen molar-refractivity contribution >= 4 is 11.8 Å². The van der Waals surface area contributed by atoms with Gasteiger partial charge >= 0.3 is 0 Å². The van der Waals surface area contributed by atoms with Crippen LogP contribution in [-0.4, -0.2) is 53.8 Å². The van der Waals surface area contributed by atoms with Gasteiger partial charge in [-0.3, -0.25) is 9.59 Å². The second-order valence-corrected chi connectivity index (χ2v) is 8.91. The molecule has 154 valence electrons. The maximum atomic E-state index is 12.7. The molecule has 3 unspecified atom stereocenters. The first-order valence-electron chi connectivity index (χ1n) is 10.8. The highest BCUT2D eigenvalue weighted by atomic mass is 16.2. The van der Waals surface area contributed by atoms with E-state index in [9.17, 15) is 9.59 Å². The quantitative estimate of drug-likeness (QED) is 0.734. The smallest absolute Gasteiger partial charge is 0.242 e. The van der Waals surface area contributed by atoms with Crippen LogP contribution in [0.25, 0.3) is 0 Å². The molecule has 3 rings (SSSR count). The molecule has 1 N–H and O–H groups in total. The Balaban J connectivity index is 1.45. The highest BCUT2D eigenvalue weighted by Gasteiger charge is 2.35. The zero-order valence-corrected chi connectivity index (χ0v) is 17.6. The number of likely N-dealkylation sites (tertiary alicyclic amines) is 2. The monoisotopic (exact) mass is 385 g/mol. The molecule has 2 fully saturated rings. The topological polar surface area (TPSA) is 52.7 Å². The summed E-state index contributed by atoms with van der Waals surface area (Å²) in [6.07, 6.45) is 3.37. The molecule has 2 saturated heterocycles. The minimum absolute atomic E-state index is 0.00154. The van der Waals surface area contributed by atoms with E-state index in [1.165, 1.54) is 25.1 Å². The fraction of sp³-hybridized carbons (Fsp3) is 0.652. The first kappa shape index (κ1) is 20.8. The van der Waals surface area contributed by atoms with Crippen LogP contribution in [0, 0.1) is 18.8 Å². The van der Waals surface area contributed by atoms with Crippen molar-refractivity contribution in [3.05, 3.63) is 35.4 Å². The molecule has 2 amide bonds. The molecule has 2 heterocycles. The average molecular weight is 386 g/mol. The lowest BCUT2D eigenvalue weighted by Crippen LogP contribution is -2.45. The van der Waals surface area contributed by atoms with Gasteiger partial charge in [0.15, 0.2) is 0 Å². The van der Waals surface area contributed by atoms with Gasteiger partial charge in [-0.1, -0.05) is 43.7 Å². The molecule has 28 heavy (non-hydrogen) atoms. The van der Waals surface area contributed by atoms with Crippen LogP contribution < -0.4 is 5.32 Å². The minimum atomic E-state index is -0.330. The SMILES string of the molecule is Cc1ccc(CN2C(=O)CCC2C(=O)NCCCN2CC(C)CC(C)C2)cc1. The van der Waals surface area contributed by atoms with Crippen LogP contribution in [0.2, 0.25) is 0 Å². The molecule has 1 aromatic carbocycles. The highest BCUT2D eigenvalue weighted by Crippen LogP contribution is 2.22. The van der Waals surface area contributed by atoms with E-state index in [0.29, 0.717) is 25.9 Å². The molecule has 5 heteroatoms. The fourth-order valence-corrected chi connectivity index (χ4v) is 4.70. The number of nitrogens with one attached hydrogen (secondary N) is 1. The third-order valence-corrected chi connectivity index (χ3v) is 6.00. The predicted molar refractivity (Wildman–Crippen MR) is 112 cm³/mol. The second kappa shape index (κ2) is 9.55. The van der Waals surface area contributed by atoms with Crippen LogP contribution in [0.5, 0.6) is 0 Å². The van der Waals surface area contributed by atoms with Gasteiger partial charge in [0.25, 0.3) is 0 Å². The van der Waals surface area contributed by atoms with E-state index in [1.807, 2.05) is 31.2 Å². The summed E-state index contributed by atoms with van der Waals surface area (Å²) in [6.45, 7) is 11.3. The zero-order chi connectivity index (χ0) is 20.1. The van der Waals surface area contributed by atoms with Crippen LogP contribution >= 0.6 is 0 Å². The number of amides is 2. The van der Waals surface area contributed by atoms with Crippen molar-refractivity contribution in [1.29, 1.82) is 0 Å². The van der Waals surface area contributed by atoms with Gasteiger partial charge in [-0.25, -0.2) is 0 Å². The summed E-state index contributed by atoms with van der Waals surface area (Å²) < 4.78 is 0. The number of hydrogen-bond acceptors (Lipinski definition) is 3. The Morgan fingerprint density at radius 1 is 1.14 bits per heavy atom. The molecule has 2 aliphatic heterocycles. The number of hydrogen-bond donors (Lipinski definition) is 1. The predicted octanol–water partition coefficient (Wildman–Crippen LogP) is 2.97. The Bertz CT molecular complexity index is 663. The maximum absolute atomic E-state index is 12.7. The Morgan fingerprint density at radius 3 is 2.50 bits per heavy atom. The standard InChI is InChI=1S/C23H35N3O2/c1-17-5-7-20(8-6-17)16-26-21(9-10-22(26)27)23(28)24-11-4-12-25-14-18(2)13-19(3)15-25/h5-8,18-19,21H,4,9-16H2,1-3H3,(H,24,28). The van der Waals surface area contributed by atoms with E-state index in [0.717, 1.165) is 30.4 Å². The normalized spacial score (nSPS) is 25.9. The van der Waals surface area contributed by atoms with E-state index in [2.05, 4.69) is 24.1 Å². The number of benzene rings is 1. The van der Waals surface area contributed by atoms with Gasteiger partial charge in [0.05, 0.1) is 0 Å². The van der Waals surface area contributed by atoms with Gasteiger partial charge in [0.2, 0.25) is 11.8 Å². The van der Waals surface area contributed by atoms with Crippen LogP contribution in [-0.2, 0) is 16.1 Å². The van der Waals surface area contributed by atoms with Gasteiger partial charge in [-0.2, -0.15) is 0 Å². The van der Waals surface area contributed by atoms with Crippen molar-refractivity contribution < 1.29 is 9.59 Å². The number of carbonyl (C=O) groups excluding carboxylic acids is 2. The van der Waals surface area contributed by atoms with E-state index >= 15 is 0 Å². The van der Waals surface area contributed by atoms with Gasteiger partial charge in [0, 0.05) is 32.6 Å². The molecule has 0 bridgehead atoms. The van der Waals surface area contributed by atoms with Gasteiger partial charge in [0.1, 0.15) is 6.04 Å². The molecule has 0 radical (unpaired) electrons. The third kappa shape index (κ3) is 5.57. The number of piperidine rings is 1. The summed E-state index contributed by atoms with van der Waals surface area (Å²) in [6, 6.07) is 7.84. The summed E-state index contributed by atoms with van der Waals surface area (Å²) in [5, 5.41) is 3.07. The Hall–Kier alpha value is -1.88. The summed E-state index contributed by atoms with van der Waals surface area (Å²) >= 11 is 0. The van der Waals surface area contributed by atoms with Crippen LogP contribution in [0.3, 0.4) is 0 Å². The van der Waals surface area contributed by atoms with Crippen molar-refractivity contribution in [2.45, 2.75) is 59.0 Å². The molecule has 5 nitrogen and oxygen atoms in total. The van der Waals surface area contributed by atoms with E-state index in [-0.39, 0.29) is 17.9 Å². The zero-order valence-electron chi connectivity index (χ0n) is 17.6. The molecule has 1 aromatic rings.